The Morgan fingerprint density at radius 3 is 2.48 bits per heavy atom. The Kier molecular flexibility index (Phi) is 9.23. The first-order valence-corrected chi connectivity index (χ1v) is 19.4. The molecule has 1 spiro atoms. The SMILES string of the molecule is C[C@H]1CC[C@@]2(OC1)O[C@H]1C[C@H]3[C@@H]4CC[C@@H]5C[C@H](NC(=O)N(CCNN(C)C=N)C6CCCCC6)CC[C@]5(C)[C@H]4CC[C@]3(C)[C@H]1[C@@H]2C.[HH]. The van der Waals surface area contributed by atoms with Crippen molar-refractivity contribution in [2.45, 2.75) is 148 Å². The van der Waals surface area contributed by atoms with Gasteiger partial charge >= 0.3 is 6.03 Å². The molecule has 0 unspecified atom stereocenters. The van der Waals surface area contributed by atoms with Crippen LogP contribution >= 0.6 is 0 Å². The van der Waals surface area contributed by atoms with Crippen molar-refractivity contribution in [3.05, 3.63) is 0 Å². The highest BCUT2D eigenvalue weighted by atomic mass is 16.7. The van der Waals surface area contributed by atoms with E-state index in [0.717, 1.165) is 56.5 Å². The highest BCUT2D eigenvalue weighted by Crippen LogP contribution is 2.71. The largest absolute Gasteiger partial charge is 0.349 e. The van der Waals surface area contributed by atoms with E-state index in [1.165, 1.54) is 70.5 Å². The van der Waals surface area contributed by atoms with Crippen molar-refractivity contribution in [2.75, 3.05) is 26.7 Å². The van der Waals surface area contributed by atoms with Crippen molar-refractivity contribution < 1.29 is 15.7 Å². The van der Waals surface area contributed by atoms with Gasteiger partial charge in [0.15, 0.2) is 5.79 Å². The number of carbonyl (C=O) groups is 1. The second kappa shape index (κ2) is 12.8. The van der Waals surface area contributed by atoms with E-state index in [2.05, 4.69) is 43.3 Å². The van der Waals surface area contributed by atoms with Crippen LogP contribution < -0.4 is 10.7 Å². The summed E-state index contributed by atoms with van der Waals surface area (Å²) in [4.78, 5) is 16.0. The highest BCUT2D eigenvalue weighted by molar-refractivity contribution is 5.75. The number of rotatable bonds is 7. The maximum Gasteiger partial charge on any atom is 0.317 e. The number of carbonyl (C=O) groups excluding carboxylic acids is 1. The number of hydrogen-bond acceptors (Lipinski definition) is 5. The van der Waals surface area contributed by atoms with Gasteiger partial charge in [-0.2, -0.15) is 0 Å². The van der Waals surface area contributed by atoms with E-state index in [1.807, 2.05) is 7.05 Å². The van der Waals surface area contributed by atoms with Crippen molar-refractivity contribution in [1.29, 1.82) is 5.41 Å². The van der Waals surface area contributed by atoms with Crippen molar-refractivity contribution in [3.63, 3.8) is 0 Å². The van der Waals surface area contributed by atoms with Gasteiger partial charge in [-0.1, -0.05) is 47.0 Å². The van der Waals surface area contributed by atoms with Crippen molar-refractivity contribution >= 4 is 12.4 Å². The second-order valence-corrected chi connectivity index (χ2v) is 17.7. The molecular formula is C38H67N5O3. The lowest BCUT2D eigenvalue weighted by Gasteiger charge is -2.61. The van der Waals surface area contributed by atoms with Gasteiger partial charge in [-0.25, -0.2) is 10.2 Å². The normalized spacial score (nSPS) is 46.9. The van der Waals surface area contributed by atoms with E-state index in [-0.39, 0.29) is 19.3 Å². The Labute approximate surface area is 280 Å². The lowest BCUT2D eigenvalue weighted by molar-refractivity contribution is -0.273. The first-order chi connectivity index (χ1) is 22.1. The standard InChI is InChI=1S/C38H65N5O3.H2/c1-25-13-18-38(45-23-25)26(2)34-33(46-38)22-32-30-12-11-27-21-28(14-16-36(27,3)31(30)15-17-37(32,34)4)41-35(44)43(20-19-40-42(5)24-39)29-9-7-6-8-10-29;/h24-34,39-40H,6-23H2,1-5H3,(H,41,44);1H/t25-,26-,27+,28+,30+,31-,32-,33-,34-,36-,37-,38+;/m0./s1. The molecule has 8 nitrogen and oxygen atoms in total. The van der Waals surface area contributed by atoms with Crippen LogP contribution in [0.15, 0.2) is 0 Å². The van der Waals surface area contributed by atoms with Gasteiger partial charge in [0.1, 0.15) is 0 Å². The van der Waals surface area contributed by atoms with Crippen molar-refractivity contribution in [1.82, 2.24) is 20.7 Å². The summed E-state index contributed by atoms with van der Waals surface area (Å²) in [5.41, 5.74) is 4.00. The summed E-state index contributed by atoms with van der Waals surface area (Å²) < 4.78 is 13.6. The smallest absolute Gasteiger partial charge is 0.317 e. The molecule has 12 atom stereocenters. The number of nitrogens with one attached hydrogen (secondary N) is 3. The van der Waals surface area contributed by atoms with E-state index in [0.29, 0.717) is 59.7 Å². The Bertz CT molecular complexity index is 1110. The number of hydrogen-bond donors (Lipinski definition) is 3. The fourth-order valence-corrected chi connectivity index (χ4v) is 12.9. The number of ether oxygens (including phenoxy) is 2. The number of urea groups is 1. The number of amides is 2. The average Bonchev–Trinajstić information content (AvgIpc) is 3.50. The number of hydrazine groups is 1. The van der Waals surface area contributed by atoms with Crippen LogP contribution in [0.4, 0.5) is 4.79 Å². The van der Waals surface area contributed by atoms with Crippen LogP contribution in [-0.2, 0) is 9.47 Å². The minimum absolute atomic E-state index is 0. The summed E-state index contributed by atoms with van der Waals surface area (Å²) >= 11 is 0. The Morgan fingerprint density at radius 2 is 1.74 bits per heavy atom. The van der Waals surface area contributed by atoms with E-state index < -0.39 is 0 Å². The van der Waals surface area contributed by atoms with Crippen LogP contribution in [0, 0.1) is 57.7 Å². The predicted octanol–water partition coefficient (Wildman–Crippen LogP) is 7.44. The summed E-state index contributed by atoms with van der Waals surface area (Å²) in [6.45, 7) is 12.3. The summed E-state index contributed by atoms with van der Waals surface area (Å²) in [6, 6.07) is 0.763. The Hall–Kier alpha value is -1.38. The van der Waals surface area contributed by atoms with Crippen LogP contribution in [0.5, 0.6) is 0 Å². The molecule has 0 radical (unpaired) electrons. The number of nitrogens with zero attached hydrogens (tertiary/aromatic N) is 2. The molecular weight excluding hydrogens is 574 g/mol. The zero-order valence-corrected chi connectivity index (χ0v) is 29.7. The molecule has 5 saturated carbocycles. The van der Waals surface area contributed by atoms with Gasteiger partial charge in [0.05, 0.1) is 19.0 Å². The molecule has 2 saturated heterocycles. The van der Waals surface area contributed by atoms with Crippen LogP contribution in [0.3, 0.4) is 0 Å². The average molecular weight is 642 g/mol. The van der Waals surface area contributed by atoms with Gasteiger partial charge in [-0.3, -0.25) is 5.41 Å². The third-order valence-electron chi connectivity index (χ3n) is 15.4. The third kappa shape index (κ3) is 5.62. The fourth-order valence-electron chi connectivity index (χ4n) is 12.9. The molecule has 7 fully saturated rings. The maximum atomic E-state index is 13.8. The molecule has 2 heterocycles. The minimum atomic E-state index is -0.320. The van der Waals surface area contributed by atoms with Gasteiger partial charge in [0, 0.05) is 46.0 Å². The molecule has 7 aliphatic rings. The first kappa shape index (κ1) is 33.1. The van der Waals surface area contributed by atoms with E-state index in [9.17, 15) is 4.79 Å². The van der Waals surface area contributed by atoms with Gasteiger partial charge in [-0.15, -0.1) is 0 Å². The minimum Gasteiger partial charge on any atom is -0.349 e. The summed E-state index contributed by atoms with van der Waals surface area (Å²) in [5.74, 6) is 4.58. The molecule has 262 valence electrons. The zero-order chi connectivity index (χ0) is 32.3. The lowest BCUT2D eigenvalue weighted by Crippen LogP contribution is -2.57. The van der Waals surface area contributed by atoms with E-state index in [1.54, 1.807) is 5.01 Å². The molecule has 46 heavy (non-hydrogen) atoms. The Balaban J connectivity index is 0.00000386. The maximum absolute atomic E-state index is 13.8. The van der Waals surface area contributed by atoms with Gasteiger partial charge in [-0.05, 0) is 117 Å². The second-order valence-electron chi connectivity index (χ2n) is 17.7. The third-order valence-corrected chi connectivity index (χ3v) is 15.4. The zero-order valence-electron chi connectivity index (χ0n) is 29.7. The van der Waals surface area contributed by atoms with E-state index in [4.69, 9.17) is 14.9 Å². The van der Waals surface area contributed by atoms with Gasteiger partial charge in [0.2, 0.25) is 0 Å². The van der Waals surface area contributed by atoms with Crippen molar-refractivity contribution in [3.8, 4) is 0 Å². The predicted molar refractivity (Wildman–Crippen MR) is 184 cm³/mol. The van der Waals surface area contributed by atoms with E-state index >= 15 is 0 Å². The molecule has 2 amide bonds. The monoisotopic (exact) mass is 642 g/mol. The number of fused-ring (bicyclic) bond motifs is 7. The lowest BCUT2D eigenvalue weighted by atomic mass is 9.44. The van der Waals surface area contributed by atoms with Crippen LogP contribution in [0.1, 0.15) is 125 Å². The van der Waals surface area contributed by atoms with Crippen LogP contribution in [0.2, 0.25) is 0 Å². The molecule has 2 aliphatic heterocycles. The quantitative estimate of drug-likeness (QED) is 0.153. The van der Waals surface area contributed by atoms with Crippen LogP contribution in [-0.4, -0.2) is 73.0 Å². The fraction of sp³-hybridized carbons (Fsp3) is 0.947. The summed E-state index contributed by atoms with van der Waals surface area (Å²) in [7, 11) is 1.84. The molecule has 0 bridgehead atoms. The summed E-state index contributed by atoms with van der Waals surface area (Å²) in [6.07, 6.45) is 20.0. The Morgan fingerprint density at radius 1 is 0.957 bits per heavy atom. The van der Waals surface area contributed by atoms with Crippen LogP contribution in [0.25, 0.3) is 0 Å². The first-order valence-electron chi connectivity index (χ1n) is 19.4. The summed E-state index contributed by atoms with van der Waals surface area (Å²) in [5, 5.41) is 12.7. The van der Waals surface area contributed by atoms with Crippen molar-refractivity contribution in [2.24, 2.45) is 52.3 Å². The molecule has 0 aromatic rings. The molecule has 0 aromatic heterocycles. The molecule has 0 aromatic carbocycles. The molecule has 8 heteroatoms. The molecule has 3 N–H and O–H groups in total. The van der Waals surface area contributed by atoms with Gasteiger partial charge in [0.25, 0.3) is 0 Å². The molecule has 5 aliphatic carbocycles. The molecule has 7 rings (SSSR count). The topological polar surface area (TPSA) is 89.9 Å². The highest BCUT2D eigenvalue weighted by Gasteiger charge is 2.69. The van der Waals surface area contributed by atoms with Gasteiger partial charge < -0.3 is 24.7 Å².